The lowest BCUT2D eigenvalue weighted by Gasteiger charge is -2.38. The highest BCUT2D eigenvalue weighted by atomic mass is 32.1. The van der Waals surface area contributed by atoms with E-state index in [1.165, 1.54) is 76.2 Å². The third kappa shape index (κ3) is 5.42. The van der Waals surface area contributed by atoms with Crippen molar-refractivity contribution in [3.05, 3.63) is 23.8 Å². The maximum atomic E-state index is 5.50. The van der Waals surface area contributed by atoms with Crippen molar-refractivity contribution in [2.45, 2.75) is 83.5 Å². The van der Waals surface area contributed by atoms with Gasteiger partial charge in [0.2, 0.25) is 0 Å². The van der Waals surface area contributed by atoms with Crippen LogP contribution in [0.1, 0.15) is 89.0 Å². The second-order valence-electron chi connectivity index (χ2n) is 8.67. The number of aliphatic imine (C=N–C) groups is 1. The van der Waals surface area contributed by atoms with Gasteiger partial charge in [0.15, 0.2) is 0 Å². The molecular formula is C24H35NOS. The van der Waals surface area contributed by atoms with Crippen molar-refractivity contribution in [1.29, 1.82) is 0 Å². The summed E-state index contributed by atoms with van der Waals surface area (Å²) >= 11 is 4.73. The first-order valence-electron chi connectivity index (χ1n) is 11.0. The smallest absolute Gasteiger partial charge is 0.145 e. The Balaban J connectivity index is 1.51. The molecule has 27 heavy (non-hydrogen) atoms. The summed E-state index contributed by atoms with van der Waals surface area (Å²) in [4.78, 5) is 4.10. The molecule has 0 saturated heterocycles. The summed E-state index contributed by atoms with van der Waals surface area (Å²) in [6, 6.07) is 6.39. The molecule has 0 aliphatic heterocycles. The van der Waals surface area contributed by atoms with E-state index in [2.05, 4.69) is 29.2 Å². The van der Waals surface area contributed by atoms with E-state index in [0.29, 0.717) is 5.92 Å². The van der Waals surface area contributed by atoms with Gasteiger partial charge in [0.25, 0.3) is 0 Å². The molecule has 0 aromatic heterocycles. The van der Waals surface area contributed by atoms with Crippen molar-refractivity contribution in [1.82, 2.24) is 0 Å². The van der Waals surface area contributed by atoms with Gasteiger partial charge < -0.3 is 4.74 Å². The third-order valence-electron chi connectivity index (χ3n) is 7.14. The highest BCUT2D eigenvalue weighted by Crippen LogP contribution is 2.45. The number of isothiocyanates is 1. The van der Waals surface area contributed by atoms with Crippen LogP contribution in [-0.4, -0.2) is 12.3 Å². The fourth-order valence-electron chi connectivity index (χ4n) is 5.45. The molecule has 0 spiro atoms. The van der Waals surface area contributed by atoms with Crippen LogP contribution in [0.25, 0.3) is 0 Å². The fraction of sp³-hybridized carbons (Fsp3) is 0.708. The van der Waals surface area contributed by atoms with Crippen molar-refractivity contribution in [2.75, 3.05) is 7.11 Å². The second-order valence-corrected chi connectivity index (χ2v) is 8.85. The molecule has 2 saturated carbocycles. The number of hydrogen-bond donors (Lipinski definition) is 0. The number of rotatable bonds is 7. The first-order chi connectivity index (χ1) is 13.2. The van der Waals surface area contributed by atoms with Crippen LogP contribution in [0, 0.1) is 17.8 Å². The number of methoxy groups -OCH3 is 1. The molecule has 148 valence electrons. The maximum Gasteiger partial charge on any atom is 0.145 e. The molecule has 0 bridgehead atoms. The van der Waals surface area contributed by atoms with Gasteiger partial charge in [-0.15, -0.1) is 0 Å². The van der Waals surface area contributed by atoms with E-state index >= 15 is 0 Å². The molecule has 0 unspecified atom stereocenters. The molecule has 2 aliphatic carbocycles. The van der Waals surface area contributed by atoms with Crippen LogP contribution in [0.15, 0.2) is 23.2 Å². The van der Waals surface area contributed by atoms with Gasteiger partial charge in [-0.25, -0.2) is 0 Å². The summed E-state index contributed by atoms with van der Waals surface area (Å²) in [6.45, 7) is 2.32. The lowest BCUT2D eigenvalue weighted by molar-refractivity contribution is 0.156. The molecule has 2 fully saturated rings. The van der Waals surface area contributed by atoms with E-state index in [9.17, 15) is 0 Å². The number of benzene rings is 1. The Morgan fingerprint density at radius 3 is 2.30 bits per heavy atom. The van der Waals surface area contributed by atoms with E-state index in [-0.39, 0.29) is 0 Å². The van der Waals surface area contributed by atoms with Gasteiger partial charge in [-0.3, -0.25) is 0 Å². The Morgan fingerprint density at radius 2 is 1.70 bits per heavy atom. The molecule has 3 heteroatoms. The summed E-state index contributed by atoms with van der Waals surface area (Å²) in [5.41, 5.74) is 2.18. The van der Waals surface area contributed by atoms with E-state index in [0.717, 1.165) is 29.2 Å². The topological polar surface area (TPSA) is 21.6 Å². The Labute approximate surface area is 170 Å². The van der Waals surface area contributed by atoms with Gasteiger partial charge in [0, 0.05) is 0 Å². The molecule has 2 aliphatic rings. The molecule has 3 rings (SSSR count). The molecule has 2 nitrogen and oxygen atoms in total. The minimum Gasteiger partial charge on any atom is -0.494 e. The van der Waals surface area contributed by atoms with Crippen LogP contribution in [0.2, 0.25) is 0 Å². The zero-order valence-corrected chi connectivity index (χ0v) is 17.9. The molecule has 0 radical (unpaired) electrons. The lowest BCUT2D eigenvalue weighted by atomic mass is 9.68. The summed E-state index contributed by atoms with van der Waals surface area (Å²) in [5, 5.41) is 2.44. The Kier molecular flexibility index (Phi) is 7.91. The summed E-state index contributed by atoms with van der Waals surface area (Å²) < 4.78 is 5.50. The summed E-state index contributed by atoms with van der Waals surface area (Å²) in [7, 11) is 1.70. The Hall–Kier alpha value is -1.18. The van der Waals surface area contributed by atoms with Crippen LogP contribution < -0.4 is 4.74 Å². The number of hydrogen-bond acceptors (Lipinski definition) is 3. The standard InChI is InChI=1S/C24H35NOS/c1-3-4-5-18-6-8-19(9-7-18)20-10-12-21(13-11-20)22-14-15-23(25-17-27)24(16-22)26-2/h14-16,18-21H,3-13H2,1-2H3/t18-,19-,20-,21-. The summed E-state index contributed by atoms with van der Waals surface area (Å²) in [6.07, 6.45) is 15.6. The average Bonchev–Trinajstić information content (AvgIpc) is 2.73. The van der Waals surface area contributed by atoms with Crippen molar-refractivity contribution < 1.29 is 4.74 Å². The first kappa shape index (κ1) is 20.6. The highest BCUT2D eigenvalue weighted by molar-refractivity contribution is 7.78. The normalized spacial score (nSPS) is 28.4. The zero-order chi connectivity index (χ0) is 19.1. The van der Waals surface area contributed by atoms with Crippen LogP contribution in [0.5, 0.6) is 5.75 Å². The van der Waals surface area contributed by atoms with Gasteiger partial charge >= 0.3 is 0 Å². The Morgan fingerprint density at radius 1 is 1.04 bits per heavy atom. The van der Waals surface area contributed by atoms with Gasteiger partial charge in [0.1, 0.15) is 11.4 Å². The van der Waals surface area contributed by atoms with Crippen LogP contribution in [0.3, 0.4) is 0 Å². The van der Waals surface area contributed by atoms with Gasteiger partial charge in [0.05, 0.1) is 12.3 Å². The first-order valence-corrected chi connectivity index (χ1v) is 11.4. The maximum absolute atomic E-state index is 5.50. The van der Waals surface area contributed by atoms with E-state index in [1.54, 1.807) is 7.11 Å². The average molecular weight is 386 g/mol. The van der Waals surface area contributed by atoms with Gasteiger partial charge in [-0.1, -0.05) is 45.1 Å². The molecular weight excluding hydrogens is 350 g/mol. The number of nitrogens with zero attached hydrogens (tertiary/aromatic N) is 1. The SMILES string of the molecule is CCCC[C@H]1CC[C@H]([C@H]2CC[C@H](c3ccc(N=C=S)c(OC)c3)CC2)CC1. The predicted octanol–water partition coefficient (Wildman–Crippen LogP) is 7.70. The van der Waals surface area contributed by atoms with E-state index in [4.69, 9.17) is 17.0 Å². The molecule has 0 heterocycles. The fourth-order valence-corrected chi connectivity index (χ4v) is 5.55. The van der Waals surface area contributed by atoms with Crippen LogP contribution in [-0.2, 0) is 0 Å². The van der Waals surface area contributed by atoms with E-state index < -0.39 is 0 Å². The molecule has 0 atom stereocenters. The Bertz CT molecular complexity index is 636. The number of thiocarbonyl (C=S) groups is 1. The molecule has 1 aromatic carbocycles. The molecule has 0 N–H and O–H groups in total. The monoisotopic (exact) mass is 385 g/mol. The highest BCUT2D eigenvalue weighted by Gasteiger charge is 2.31. The van der Waals surface area contributed by atoms with Crippen LogP contribution >= 0.6 is 12.2 Å². The quantitative estimate of drug-likeness (QED) is 0.354. The molecule has 0 amide bonds. The predicted molar refractivity (Wildman–Crippen MR) is 117 cm³/mol. The minimum absolute atomic E-state index is 0.668. The summed E-state index contributed by atoms with van der Waals surface area (Å²) in [5.74, 6) is 4.48. The van der Waals surface area contributed by atoms with Crippen molar-refractivity contribution in [3.8, 4) is 5.75 Å². The van der Waals surface area contributed by atoms with Crippen molar-refractivity contribution in [3.63, 3.8) is 0 Å². The minimum atomic E-state index is 0.668. The van der Waals surface area contributed by atoms with Crippen molar-refractivity contribution in [2.24, 2.45) is 22.7 Å². The third-order valence-corrected chi connectivity index (χ3v) is 7.23. The second kappa shape index (κ2) is 10.4. The van der Waals surface area contributed by atoms with Crippen LogP contribution in [0.4, 0.5) is 5.69 Å². The number of ether oxygens (including phenoxy) is 1. The number of unbranched alkanes of at least 4 members (excludes halogenated alkanes) is 1. The molecule has 1 aromatic rings. The van der Waals surface area contributed by atoms with Gasteiger partial charge in [-0.05, 0) is 92.1 Å². The van der Waals surface area contributed by atoms with Crippen molar-refractivity contribution >= 4 is 23.1 Å². The van der Waals surface area contributed by atoms with E-state index in [1.807, 2.05) is 6.07 Å². The lowest BCUT2D eigenvalue weighted by Crippen LogP contribution is -2.25. The zero-order valence-electron chi connectivity index (χ0n) is 17.1. The van der Waals surface area contributed by atoms with Gasteiger partial charge in [-0.2, -0.15) is 4.99 Å². The largest absolute Gasteiger partial charge is 0.494 e.